The van der Waals surface area contributed by atoms with Gasteiger partial charge in [-0.3, -0.25) is 9.98 Å². The second kappa shape index (κ2) is 14.9. The zero-order chi connectivity index (χ0) is 32.0. The van der Waals surface area contributed by atoms with Gasteiger partial charge >= 0.3 is 5.69 Å². The third-order valence-corrected chi connectivity index (χ3v) is 7.75. The summed E-state index contributed by atoms with van der Waals surface area (Å²) in [5.74, 6) is -0.829. The monoisotopic (exact) mass is 629 g/mol. The molecule has 44 heavy (non-hydrogen) atoms. The number of aliphatic hydroxyl groups excluding tert-OH is 2. The number of aliphatic hydroxyl groups is 2. The Morgan fingerprint density at radius 3 is 2.64 bits per heavy atom. The molecule has 0 spiro atoms. The molecule has 0 saturated carbocycles. The van der Waals surface area contributed by atoms with Crippen LogP contribution in [0.25, 0.3) is 28.0 Å². The Balaban J connectivity index is 1.57. The molecule has 13 heteroatoms. The summed E-state index contributed by atoms with van der Waals surface area (Å²) < 4.78 is 31.6. The number of aromatic amines is 1. The summed E-state index contributed by atoms with van der Waals surface area (Å²) in [5, 5.41) is 32.9. The third kappa shape index (κ3) is 8.07. The maximum absolute atomic E-state index is 15.3. The summed E-state index contributed by atoms with van der Waals surface area (Å²) in [7, 11) is 0. The van der Waals surface area contributed by atoms with E-state index in [9.17, 15) is 9.90 Å². The van der Waals surface area contributed by atoms with Crippen LogP contribution in [0.4, 0.5) is 8.78 Å². The van der Waals surface area contributed by atoms with Gasteiger partial charge in [-0.1, -0.05) is 17.7 Å². The fraction of sp³-hybridized carbons (Fsp3) is 0.387. The molecule has 3 atom stereocenters. The molecule has 2 aromatic carbocycles. The van der Waals surface area contributed by atoms with Gasteiger partial charge in [-0.2, -0.15) is 4.98 Å². The van der Waals surface area contributed by atoms with E-state index in [1.54, 1.807) is 44.2 Å². The van der Waals surface area contributed by atoms with Crippen molar-refractivity contribution in [2.45, 2.75) is 57.7 Å². The van der Waals surface area contributed by atoms with Crippen molar-refractivity contribution in [3.05, 3.63) is 80.9 Å². The molecule has 0 aliphatic heterocycles. The van der Waals surface area contributed by atoms with E-state index in [2.05, 4.69) is 20.6 Å². The summed E-state index contributed by atoms with van der Waals surface area (Å²) >= 11 is 6.20. The van der Waals surface area contributed by atoms with Crippen molar-refractivity contribution >= 4 is 28.5 Å². The Hall–Kier alpha value is -3.68. The largest absolute Gasteiger partial charge is 0.395 e. The number of rotatable bonds is 14. The molecule has 2 heterocycles. The van der Waals surface area contributed by atoms with Crippen LogP contribution in [-0.2, 0) is 6.42 Å². The smallest absolute Gasteiger partial charge is 0.354 e. The maximum Gasteiger partial charge on any atom is 0.354 e. The summed E-state index contributed by atoms with van der Waals surface area (Å²) in [6.07, 6.45) is 3.93. The van der Waals surface area contributed by atoms with Gasteiger partial charge in [0.15, 0.2) is 5.82 Å². The number of fused-ring (bicyclic) bond motifs is 1. The standard InChI is InChI=1S/C31H38ClF2N7O3/c1-17(38-22(16-43)8-9-37-18(2)35)24-7-6-23(13-27(24)33)41-14-20-12-28(39-30(20)40-31(41)44)25-10-19(11-26(32)29(25)34)4-3-5-21(36)15-42/h6-7,10-14,17,21-22,38,42-43H,3-5,8-9,15-16,36H2,1-2H3,(H2,35,37)(H,39,40,44)/t17-,21+,22+/m0/s1. The van der Waals surface area contributed by atoms with Crippen LogP contribution in [0.15, 0.2) is 47.4 Å². The first kappa shape index (κ1) is 33.2. The molecular formula is C31H38ClF2N7O3. The first-order chi connectivity index (χ1) is 21.0. The summed E-state index contributed by atoms with van der Waals surface area (Å²) in [4.78, 5) is 20.0. The maximum atomic E-state index is 15.3. The number of nitrogens with one attached hydrogen (secondary N) is 4. The third-order valence-electron chi connectivity index (χ3n) is 7.48. The quantitative estimate of drug-likeness (QED) is 0.0820. The first-order valence-corrected chi connectivity index (χ1v) is 14.8. The van der Waals surface area contributed by atoms with Crippen LogP contribution in [0.1, 0.15) is 50.3 Å². The molecule has 0 saturated heterocycles. The van der Waals surface area contributed by atoms with Gasteiger partial charge in [0.2, 0.25) is 0 Å². The molecule has 4 aromatic rings. The number of H-pyrrole nitrogens is 1. The molecule has 0 radical (unpaired) electrons. The predicted molar refractivity (Wildman–Crippen MR) is 168 cm³/mol. The van der Waals surface area contributed by atoms with Gasteiger partial charge in [-0.15, -0.1) is 0 Å². The van der Waals surface area contributed by atoms with Crippen molar-refractivity contribution in [1.29, 1.82) is 5.41 Å². The van der Waals surface area contributed by atoms with E-state index in [1.165, 1.54) is 16.8 Å². The van der Waals surface area contributed by atoms with Gasteiger partial charge in [0, 0.05) is 47.4 Å². The van der Waals surface area contributed by atoms with Crippen molar-refractivity contribution in [1.82, 2.24) is 25.2 Å². The van der Waals surface area contributed by atoms with Crippen molar-refractivity contribution in [3.63, 3.8) is 0 Å². The molecular weight excluding hydrogens is 592 g/mol. The topological polar surface area (TPSA) is 165 Å². The highest BCUT2D eigenvalue weighted by molar-refractivity contribution is 6.31. The van der Waals surface area contributed by atoms with E-state index in [0.717, 1.165) is 5.56 Å². The average Bonchev–Trinajstić information content (AvgIpc) is 3.39. The van der Waals surface area contributed by atoms with Crippen molar-refractivity contribution < 1.29 is 19.0 Å². The molecule has 4 rings (SSSR count). The van der Waals surface area contributed by atoms with Gasteiger partial charge in [0.1, 0.15) is 11.5 Å². The highest BCUT2D eigenvalue weighted by Crippen LogP contribution is 2.31. The molecule has 0 aliphatic carbocycles. The van der Waals surface area contributed by atoms with E-state index in [4.69, 9.17) is 27.9 Å². The van der Waals surface area contributed by atoms with Crippen LogP contribution in [0.5, 0.6) is 0 Å². The summed E-state index contributed by atoms with van der Waals surface area (Å²) in [6.45, 7) is 3.64. The molecule has 0 amide bonds. The fourth-order valence-electron chi connectivity index (χ4n) is 5.09. The second-order valence-corrected chi connectivity index (χ2v) is 11.4. The van der Waals surface area contributed by atoms with Crippen LogP contribution in [0.2, 0.25) is 5.02 Å². The Kier molecular flexibility index (Phi) is 11.2. The number of hydrogen-bond acceptors (Lipinski definition) is 7. The lowest BCUT2D eigenvalue weighted by molar-refractivity contribution is 0.226. The summed E-state index contributed by atoms with van der Waals surface area (Å²) in [6, 6.07) is 8.26. The second-order valence-electron chi connectivity index (χ2n) is 11.0. The number of amidine groups is 1. The highest BCUT2D eigenvalue weighted by Gasteiger charge is 2.18. The Bertz CT molecular complexity index is 1680. The van der Waals surface area contributed by atoms with Crippen molar-refractivity contribution in [3.8, 4) is 16.9 Å². The zero-order valence-electron chi connectivity index (χ0n) is 24.6. The molecule has 2 aromatic heterocycles. The number of nitrogens with two attached hydrogens (primary N) is 1. The highest BCUT2D eigenvalue weighted by atomic mass is 35.5. The Morgan fingerprint density at radius 2 is 1.95 bits per heavy atom. The van der Waals surface area contributed by atoms with E-state index < -0.39 is 23.4 Å². The van der Waals surface area contributed by atoms with Gasteiger partial charge < -0.3 is 31.6 Å². The van der Waals surface area contributed by atoms with Crippen LogP contribution in [0.3, 0.4) is 0 Å². The molecule has 0 aliphatic rings. The lowest BCUT2D eigenvalue weighted by atomic mass is 10.0. The predicted octanol–water partition coefficient (Wildman–Crippen LogP) is 3.94. The Morgan fingerprint density at radius 1 is 1.18 bits per heavy atom. The lowest BCUT2D eigenvalue weighted by Crippen LogP contribution is -2.38. The van der Waals surface area contributed by atoms with Crippen LogP contribution >= 0.6 is 11.6 Å². The van der Waals surface area contributed by atoms with Crippen LogP contribution < -0.4 is 22.1 Å². The van der Waals surface area contributed by atoms with Gasteiger partial charge in [0.05, 0.1) is 35.5 Å². The number of aromatic nitrogens is 3. The van der Waals surface area contributed by atoms with E-state index in [-0.39, 0.29) is 47.2 Å². The van der Waals surface area contributed by atoms with Crippen LogP contribution in [-0.4, -0.2) is 62.4 Å². The molecule has 0 fully saturated rings. The van der Waals surface area contributed by atoms with E-state index in [1.807, 2.05) is 0 Å². The number of hydrogen-bond donors (Lipinski definition) is 7. The summed E-state index contributed by atoms with van der Waals surface area (Å²) in [5.41, 5.74) is 7.40. The average molecular weight is 630 g/mol. The van der Waals surface area contributed by atoms with E-state index in [0.29, 0.717) is 54.7 Å². The zero-order valence-corrected chi connectivity index (χ0v) is 25.4. The van der Waals surface area contributed by atoms with Gasteiger partial charge in [0.25, 0.3) is 0 Å². The molecule has 10 nitrogen and oxygen atoms in total. The molecule has 236 valence electrons. The number of benzene rings is 2. The minimum atomic E-state index is -0.647. The molecule has 0 unspecified atom stereocenters. The lowest BCUT2D eigenvalue weighted by Gasteiger charge is -2.23. The van der Waals surface area contributed by atoms with Gasteiger partial charge in [-0.05, 0) is 75.4 Å². The minimum absolute atomic E-state index is 0.0436. The number of nitrogens with zero attached hydrogens (tertiary/aromatic N) is 2. The van der Waals surface area contributed by atoms with Crippen molar-refractivity contribution in [2.75, 3.05) is 19.8 Å². The Labute approximate surface area is 258 Å². The van der Waals surface area contributed by atoms with Crippen LogP contribution in [0, 0.1) is 17.0 Å². The first-order valence-electron chi connectivity index (χ1n) is 14.4. The molecule has 8 N–H and O–H groups in total. The van der Waals surface area contributed by atoms with Crippen molar-refractivity contribution in [2.24, 2.45) is 5.73 Å². The van der Waals surface area contributed by atoms with E-state index >= 15 is 8.78 Å². The minimum Gasteiger partial charge on any atom is -0.395 e. The molecule has 0 bridgehead atoms. The SMILES string of the molecule is CC(=N)NCC[C@H](CO)N[C@@H](C)c1ccc(-n2cc3cc(-c4cc(CCC[C@@H](N)CO)cc(Cl)c4F)[nH]c3nc2=O)cc1F. The number of aryl methyl sites for hydroxylation is 1. The van der Waals surface area contributed by atoms with Gasteiger partial charge in [-0.25, -0.2) is 13.6 Å². The normalized spacial score (nSPS) is 13.6. The number of halogens is 3. The fourth-order valence-corrected chi connectivity index (χ4v) is 5.33.